The first kappa shape index (κ1) is 25.7. The van der Waals surface area contributed by atoms with Crippen LogP contribution in [0, 0.1) is 11.3 Å². The van der Waals surface area contributed by atoms with Crippen LogP contribution in [0.3, 0.4) is 0 Å². The summed E-state index contributed by atoms with van der Waals surface area (Å²) in [5.74, 6) is -0.838. The van der Waals surface area contributed by atoms with E-state index in [2.05, 4.69) is 6.07 Å². The van der Waals surface area contributed by atoms with Gasteiger partial charge < -0.3 is 18.7 Å². The topological polar surface area (TPSA) is 98.1 Å². The average Bonchev–Trinajstić information content (AvgIpc) is 2.54. The van der Waals surface area contributed by atoms with Crippen molar-refractivity contribution in [1.29, 1.82) is 5.26 Å². The zero-order chi connectivity index (χ0) is 20.9. The van der Waals surface area contributed by atoms with Gasteiger partial charge in [-0.3, -0.25) is 9.59 Å². The van der Waals surface area contributed by atoms with Crippen molar-refractivity contribution in [3.63, 3.8) is 0 Å². The van der Waals surface area contributed by atoms with E-state index in [1.165, 1.54) is 0 Å². The number of carbonyl (C=O) groups is 2. The number of rotatable bonds is 14. The number of nitriles is 1. The highest BCUT2D eigenvalue weighted by Gasteiger charge is 2.32. The van der Waals surface area contributed by atoms with Gasteiger partial charge in [0, 0.05) is 6.04 Å². The molecule has 0 aliphatic heterocycles. The van der Waals surface area contributed by atoms with Crippen LogP contribution in [-0.4, -0.2) is 54.3 Å². The van der Waals surface area contributed by atoms with Crippen molar-refractivity contribution in [2.45, 2.75) is 78.7 Å². The van der Waals surface area contributed by atoms with Crippen LogP contribution in [-0.2, 0) is 28.3 Å². The molecule has 0 N–H and O–H groups in total. The predicted octanol–water partition coefficient (Wildman–Crippen LogP) is 3.16. The van der Waals surface area contributed by atoms with E-state index in [0.29, 0.717) is 13.0 Å². The number of carbonyl (C=O) groups excluding carboxylic acids is 2. The molecule has 1 atom stereocenters. The summed E-state index contributed by atoms with van der Waals surface area (Å²) in [6, 6.07) is 2.14. The van der Waals surface area contributed by atoms with E-state index in [0.717, 1.165) is 0 Å². The molecule has 0 spiro atoms. The average molecular weight is 404 g/mol. The molecule has 0 aliphatic carbocycles. The summed E-state index contributed by atoms with van der Waals surface area (Å²) in [6.07, 6.45) is -0.395. The first-order chi connectivity index (χ1) is 12.7. The summed E-state index contributed by atoms with van der Waals surface area (Å²) in [4.78, 5) is 23.6. The quantitative estimate of drug-likeness (QED) is 0.188. The van der Waals surface area contributed by atoms with Gasteiger partial charge >= 0.3 is 11.9 Å². The Hall–Kier alpha value is -1.26. The third kappa shape index (κ3) is 11.2. The number of nitrogens with zero attached hydrogens (tertiary/aromatic N) is 2. The highest BCUT2D eigenvalue weighted by Crippen LogP contribution is 2.35. The molecule has 0 radical (unpaired) electrons. The summed E-state index contributed by atoms with van der Waals surface area (Å²) in [5.41, 5.74) is -0.665. The minimum absolute atomic E-state index is 0.0265. The number of hydrogen-bond acceptors (Lipinski definition) is 8. The normalized spacial score (nSPS) is 12.1. The minimum Gasteiger partial charge on any atom is -0.466 e. The van der Waals surface area contributed by atoms with E-state index in [1.54, 1.807) is 13.8 Å². The maximum atomic E-state index is 11.8. The standard InChI is InChI=1S/C18H33N2O6P/c1-7-23-16(21)12-15(13-17(22)24-8-2)26-27-20(14(3)4)18(5,6)25-11-9-10-19/h14-15,27H,7-9,11-13H2,1-6H3. The molecule has 0 aromatic rings. The van der Waals surface area contributed by atoms with E-state index in [1.807, 2.05) is 32.4 Å². The maximum absolute atomic E-state index is 11.8. The van der Waals surface area contributed by atoms with Crippen molar-refractivity contribution >= 4 is 20.9 Å². The van der Waals surface area contributed by atoms with Crippen molar-refractivity contribution in [3.05, 3.63) is 0 Å². The molecule has 27 heavy (non-hydrogen) atoms. The van der Waals surface area contributed by atoms with Crippen LogP contribution in [0.4, 0.5) is 0 Å². The highest BCUT2D eigenvalue weighted by molar-refractivity contribution is 7.29. The molecular formula is C18H33N2O6P. The molecule has 0 fully saturated rings. The van der Waals surface area contributed by atoms with Crippen molar-refractivity contribution in [3.8, 4) is 6.07 Å². The zero-order valence-electron chi connectivity index (χ0n) is 17.2. The first-order valence-electron chi connectivity index (χ1n) is 9.20. The molecule has 0 aliphatic rings. The van der Waals surface area contributed by atoms with Crippen LogP contribution in [0.25, 0.3) is 0 Å². The Kier molecular flexibility index (Phi) is 13.2. The second kappa shape index (κ2) is 13.8. The van der Waals surface area contributed by atoms with Gasteiger partial charge in [-0.2, -0.15) is 5.26 Å². The van der Waals surface area contributed by atoms with Crippen LogP contribution in [0.1, 0.15) is 60.8 Å². The molecule has 0 aromatic carbocycles. The molecule has 0 saturated heterocycles. The Morgan fingerprint density at radius 2 is 1.63 bits per heavy atom. The predicted molar refractivity (Wildman–Crippen MR) is 103 cm³/mol. The summed E-state index contributed by atoms with van der Waals surface area (Å²) < 4.78 is 23.6. The molecule has 0 bridgehead atoms. The van der Waals surface area contributed by atoms with Gasteiger partial charge in [0.15, 0.2) is 0 Å². The van der Waals surface area contributed by atoms with Crippen LogP contribution < -0.4 is 0 Å². The molecule has 0 aromatic heterocycles. The third-order valence-corrected chi connectivity index (χ3v) is 5.17. The van der Waals surface area contributed by atoms with Gasteiger partial charge in [-0.15, -0.1) is 0 Å². The summed E-state index contributed by atoms with van der Waals surface area (Å²) >= 11 is 0. The molecule has 9 heteroatoms. The minimum atomic E-state index is -0.665. The Labute approximate surface area is 164 Å². The summed E-state index contributed by atoms with van der Waals surface area (Å²) in [5, 5.41) is 8.69. The lowest BCUT2D eigenvalue weighted by Crippen LogP contribution is -2.45. The fourth-order valence-corrected chi connectivity index (χ4v) is 3.28. The van der Waals surface area contributed by atoms with Gasteiger partial charge in [0.05, 0.1) is 60.2 Å². The van der Waals surface area contributed by atoms with Gasteiger partial charge in [-0.1, -0.05) is 0 Å². The Balaban J connectivity index is 4.99. The zero-order valence-corrected chi connectivity index (χ0v) is 18.2. The molecule has 156 valence electrons. The molecule has 1 unspecified atom stereocenters. The number of esters is 2. The van der Waals surface area contributed by atoms with Gasteiger partial charge in [0.25, 0.3) is 0 Å². The lowest BCUT2D eigenvalue weighted by atomic mass is 10.2. The Morgan fingerprint density at radius 3 is 2.04 bits per heavy atom. The summed E-state index contributed by atoms with van der Waals surface area (Å²) in [6.45, 7) is 12.1. The highest BCUT2D eigenvalue weighted by atomic mass is 31.1. The maximum Gasteiger partial charge on any atom is 0.308 e. The van der Waals surface area contributed by atoms with Crippen molar-refractivity contribution < 1.29 is 28.3 Å². The lowest BCUT2D eigenvalue weighted by molar-refractivity contribution is -0.148. The Morgan fingerprint density at radius 1 is 1.11 bits per heavy atom. The van der Waals surface area contributed by atoms with Crippen LogP contribution in [0.5, 0.6) is 0 Å². The van der Waals surface area contributed by atoms with E-state index in [9.17, 15) is 9.59 Å². The first-order valence-corrected chi connectivity index (χ1v) is 10.1. The smallest absolute Gasteiger partial charge is 0.308 e. The van der Waals surface area contributed by atoms with E-state index in [-0.39, 0.29) is 41.1 Å². The fourth-order valence-electron chi connectivity index (χ4n) is 2.35. The molecule has 0 heterocycles. The van der Waals surface area contributed by atoms with Crippen LogP contribution in [0.2, 0.25) is 0 Å². The van der Waals surface area contributed by atoms with Gasteiger partial charge in [0.2, 0.25) is 0 Å². The largest absolute Gasteiger partial charge is 0.466 e. The van der Waals surface area contributed by atoms with Crippen molar-refractivity contribution in [1.82, 2.24) is 4.67 Å². The van der Waals surface area contributed by atoms with Crippen LogP contribution >= 0.6 is 8.96 Å². The molecule has 0 amide bonds. The molecule has 8 nitrogen and oxygen atoms in total. The molecule has 0 rings (SSSR count). The van der Waals surface area contributed by atoms with E-state index in [4.69, 9.17) is 24.0 Å². The fraction of sp³-hybridized carbons (Fsp3) is 0.833. The SMILES string of the molecule is CCOC(=O)CC(CC(=O)OCC)OPN(C(C)C)C(C)(C)OCCC#N. The van der Waals surface area contributed by atoms with Gasteiger partial charge in [0.1, 0.15) is 5.72 Å². The van der Waals surface area contributed by atoms with Crippen LogP contribution in [0.15, 0.2) is 0 Å². The lowest BCUT2D eigenvalue weighted by Gasteiger charge is -2.40. The third-order valence-electron chi connectivity index (χ3n) is 3.48. The second-order valence-corrected chi connectivity index (χ2v) is 7.42. The molecule has 0 saturated carbocycles. The van der Waals surface area contributed by atoms with Gasteiger partial charge in [-0.25, -0.2) is 4.67 Å². The number of ether oxygens (including phenoxy) is 3. The van der Waals surface area contributed by atoms with E-state index >= 15 is 0 Å². The van der Waals surface area contributed by atoms with Crippen molar-refractivity contribution in [2.75, 3.05) is 19.8 Å². The number of hydrogen-bond donors (Lipinski definition) is 0. The summed E-state index contributed by atoms with van der Waals surface area (Å²) in [7, 11) is -0.140. The van der Waals surface area contributed by atoms with Gasteiger partial charge in [-0.05, 0) is 41.5 Å². The van der Waals surface area contributed by atoms with Crippen molar-refractivity contribution in [2.24, 2.45) is 0 Å². The molecular weight excluding hydrogens is 371 g/mol. The Bertz CT molecular complexity index is 473. The second-order valence-electron chi connectivity index (χ2n) is 6.52. The van der Waals surface area contributed by atoms with E-state index < -0.39 is 23.8 Å². The monoisotopic (exact) mass is 404 g/mol.